The zero-order chi connectivity index (χ0) is 21.9. The van der Waals surface area contributed by atoms with Gasteiger partial charge in [0, 0.05) is 5.69 Å². The maximum absolute atomic E-state index is 13.2. The van der Waals surface area contributed by atoms with Crippen LogP contribution in [0.2, 0.25) is 0 Å². The largest absolute Gasteiger partial charge is 0.465 e. The Labute approximate surface area is 172 Å². The monoisotopic (exact) mass is 441 g/mol. The van der Waals surface area contributed by atoms with Gasteiger partial charge in [-0.25, -0.2) is 4.21 Å². The van der Waals surface area contributed by atoms with Crippen molar-refractivity contribution in [3.8, 4) is 22.6 Å². The number of H-pyrrole nitrogens is 1. The Morgan fingerprint density at radius 1 is 1.23 bits per heavy atom. The smallest absolute Gasteiger partial charge is 0.435 e. The lowest BCUT2D eigenvalue weighted by molar-refractivity contribution is -0.146. The van der Waals surface area contributed by atoms with Gasteiger partial charge in [-0.3, -0.25) is 9.48 Å². The van der Waals surface area contributed by atoms with Crippen LogP contribution in [0, 0.1) is 0 Å². The second-order valence-corrected chi connectivity index (χ2v) is 7.26. The van der Waals surface area contributed by atoms with E-state index >= 15 is 0 Å². The number of alkyl halides is 3. The Morgan fingerprint density at radius 2 is 1.97 bits per heavy atom. The summed E-state index contributed by atoms with van der Waals surface area (Å²) in [6.45, 7) is 1.23. The van der Waals surface area contributed by atoms with Crippen molar-refractivity contribution in [2.75, 3.05) is 6.61 Å². The molecular formula is C19H18F3N3O4S. The number of rotatable bonds is 7. The highest BCUT2D eigenvalue weighted by atomic mass is 32.2. The molecule has 1 atom stereocenters. The minimum absolute atomic E-state index is 0.0390. The number of nitrogens with zero attached hydrogens (tertiary/aromatic N) is 2. The molecule has 160 valence electrons. The van der Waals surface area contributed by atoms with Crippen LogP contribution >= 0.6 is 0 Å². The van der Waals surface area contributed by atoms with Gasteiger partial charge < -0.3 is 14.3 Å². The predicted octanol–water partition coefficient (Wildman–Crippen LogP) is 3.85. The topological polar surface area (TPSA) is 97.2 Å². The number of aromatic nitrogens is 3. The van der Waals surface area contributed by atoms with Crippen LogP contribution in [-0.4, -0.2) is 36.1 Å². The van der Waals surface area contributed by atoms with Gasteiger partial charge in [0.2, 0.25) is 0 Å². The van der Waals surface area contributed by atoms with Crippen LogP contribution in [0.3, 0.4) is 0 Å². The number of carbonyl (C=O) groups is 1. The van der Waals surface area contributed by atoms with Crippen molar-refractivity contribution in [2.24, 2.45) is 0 Å². The first-order valence-corrected chi connectivity index (χ1v) is 10.1. The quantitative estimate of drug-likeness (QED) is 0.429. The molecule has 1 unspecified atom stereocenters. The Kier molecular flexibility index (Phi) is 6.42. The Morgan fingerprint density at radius 3 is 2.63 bits per heavy atom. The molecule has 3 aromatic rings. The summed E-state index contributed by atoms with van der Waals surface area (Å²) in [6.07, 6.45) is -4.67. The Hall–Kier alpha value is -2.92. The second kappa shape index (κ2) is 8.84. The summed E-state index contributed by atoms with van der Waals surface area (Å²) in [4.78, 5) is 14.8. The summed E-state index contributed by atoms with van der Waals surface area (Å²) in [7, 11) is 0. The molecule has 0 aliphatic carbocycles. The molecule has 11 heteroatoms. The summed E-state index contributed by atoms with van der Waals surface area (Å²) < 4.78 is 65.3. The summed E-state index contributed by atoms with van der Waals surface area (Å²) in [5.74, 6) is -0.741. The molecule has 3 rings (SSSR count). The van der Waals surface area contributed by atoms with Gasteiger partial charge in [0.1, 0.15) is 6.54 Å². The van der Waals surface area contributed by atoms with Crippen molar-refractivity contribution in [1.82, 2.24) is 14.8 Å². The predicted molar refractivity (Wildman–Crippen MR) is 104 cm³/mol. The minimum Gasteiger partial charge on any atom is -0.465 e. The maximum atomic E-state index is 13.2. The number of nitrogens with one attached hydrogen (secondary N) is 1. The minimum atomic E-state index is -4.67. The van der Waals surface area contributed by atoms with Gasteiger partial charge in [0.15, 0.2) is 16.8 Å². The SMILES string of the molecule is CCOC(=O)Cn1nc(C(F)(F)F)cc1-c1ccc(-c2cccc(CS(=O)O)c2)[nH]1. The highest BCUT2D eigenvalue weighted by Crippen LogP contribution is 2.32. The lowest BCUT2D eigenvalue weighted by atomic mass is 10.1. The van der Waals surface area contributed by atoms with E-state index in [0.29, 0.717) is 22.5 Å². The molecule has 7 nitrogen and oxygen atoms in total. The van der Waals surface area contributed by atoms with Gasteiger partial charge in [0.25, 0.3) is 0 Å². The number of esters is 1. The van der Waals surface area contributed by atoms with Crippen molar-refractivity contribution in [2.45, 2.75) is 25.4 Å². The van der Waals surface area contributed by atoms with Gasteiger partial charge in [-0.15, -0.1) is 0 Å². The molecule has 0 aliphatic heterocycles. The molecule has 0 bridgehead atoms. The molecule has 0 radical (unpaired) electrons. The first-order valence-electron chi connectivity index (χ1n) is 8.84. The molecule has 0 aliphatic rings. The van der Waals surface area contributed by atoms with Gasteiger partial charge >= 0.3 is 12.1 Å². The number of halogens is 3. The van der Waals surface area contributed by atoms with E-state index in [9.17, 15) is 22.2 Å². The van der Waals surface area contributed by atoms with E-state index in [-0.39, 0.29) is 18.1 Å². The molecule has 2 N–H and O–H groups in total. The normalized spacial score (nSPS) is 12.7. The molecule has 2 aromatic heterocycles. The van der Waals surface area contributed by atoms with Crippen molar-refractivity contribution in [3.05, 3.63) is 53.7 Å². The molecule has 0 spiro atoms. The van der Waals surface area contributed by atoms with E-state index in [1.165, 1.54) is 0 Å². The van der Waals surface area contributed by atoms with Crippen molar-refractivity contribution in [3.63, 3.8) is 0 Å². The lowest BCUT2D eigenvalue weighted by Gasteiger charge is -2.06. The first-order chi connectivity index (χ1) is 14.2. The molecule has 0 saturated carbocycles. The molecule has 0 saturated heterocycles. The molecule has 2 heterocycles. The summed E-state index contributed by atoms with van der Waals surface area (Å²) in [6, 6.07) is 11.0. The molecular weight excluding hydrogens is 423 g/mol. The van der Waals surface area contributed by atoms with Crippen LogP contribution in [0.5, 0.6) is 0 Å². The van der Waals surface area contributed by atoms with E-state index in [4.69, 9.17) is 9.29 Å². The first kappa shape index (κ1) is 21.8. The number of hydrogen-bond donors (Lipinski definition) is 2. The third-order valence-electron chi connectivity index (χ3n) is 4.14. The van der Waals surface area contributed by atoms with Crippen molar-refractivity contribution < 1.29 is 31.5 Å². The third-order valence-corrected chi connectivity index (χ3v) is 4.72. The van der Waals surface area contributed by atoms with E-state index in [2.05, 4.69) is 10.1 Å². The van der Waals surface area contributed by atoms with E-state index < -0.39 is 35.5 Å². The Balaban J connectivity index is 1.96. The summed E-state index contributed by atoms with van der Waals surface area (Å²) >= 11 is -1.99. The summed E-state index contributed by atoms with van der Waals surface area (Å²) in [5, 5.41) is 3.52. The molecule has 30 heavy (non-hydrogen) atoms. The fraction of sp³-hybridized carbons (Fsp3) is 0.263. The average molecular weight is 441 g/mol. The van der Waals surface area contributed by atoms with Crippen LogP contribution in [0.1, 0.15) is 18.2 Å². The van der Waals surface area contributed by atoms with Crippen molar-refractivity contribution >= 4 is 17.0 Å². The van der Waals surface area contributed by atoms with E-state index in [1.54, 1.807) is 43.3 Å². The molecule has 0 amide bonds. The van der Waals surface area contributed by atoms with E-state index in [1.807, 2.05) is 0 Å². The third kappa shape index (κ3) is 5.16. The van der Waals surface area contributed by atoms with Crippen LogP contribution in [0.15, 0.2) is 42.5 Å². The zero-order valence-electron chi connectivity index (χ0n) is 15.8. The van der Waals surface area contributed by atoms with Crippen LogP contribution < -0.4 is 0 Å². The fourth-order valence-electron chi connectivity index (χ4n) is 2.91. The van der Waals surface area contributed by atoms with Crippen molar-refractivity contribution in [1.29, 1.82) is 0 Å². The summed E-state index contributed by atoms with van der Waals surface area (Å²) in [5.41, 5.74) is 1.20. The second-order valence-electron chi connectivity index (χ2n) is 6.33. The molecule has 0 fully saturated rings. The standard InChI is InChI=1S/C19H18F3N3O4S/c1-2-29-18(26)10-25-16(9-17(24-25)19(20,21)22)15-7-6-14(23-15)13-5-3-4-12(8-13)11-30(27)28/h3-9,23H,2,10-11H2,1H3,(H,27,28). The van der Waals surface area contributed by atoms with Gasteiger partial charge in [-0.2, -0.15) is 18.3 Å². The highest BCUT2D eigenvalue weighted by molar-refractivity contribution is 7.78. The number of aromatic amines is 1. The lowest BCUT2D eigenvalue weighted by Crippen LogP contribution is -2.16. The average Bonchev–Trinajstić information content (AvgIpc) is 3.28. The fourth-order valence-corrected chi connectivity index (χ4v) is 3.37. The number of hydrogen-bond acceptors (Lipinski definition) is 4. The van der Waals surface area contributed by atoms with E-state index in [0.717, 1.165) is 10.7 Å². The number of ether oxygens (including phenoxy) is 1. The number of carbonyl (C=O) groups excluding carboxylic acids is 1. The molecule has 1 aromatic carbocycles. The Bertz CT molecular complexity index is 1080. The maximum Gasteiger partial charge on any atom is 0.435 e. The number of benzene rings is 1. The van der Waals surface area contributed by atoms with Crippen LogP contribution in [-0.2, 0) is 39.1 Å². The zero-order valence-corrected chi connectivity index (χ0v) is 16.6. The van der Waals surface area contributed by atoms with Gasteiger partial charge in [0.05, 0.1) is 23.7 Å². The van der Waals surface area contributed by atoms with Gasteiger partial charge in [-0.05, 0) is 42.3 Å². The van der Waals surface area contributed by atoms with Crippen LogP contribution in [0.4, 0.5) is 13.2 Å². The van der Waals surface area contributed by atoms with Gasteiger partial charge in [-0.1, -0.05) is 18.2 Å². The van der Waals surface area contributed by atoms with Crippen LogP contribution in [0.25, 0.3) is 22.6 Å². The highest BCUT2D eigenvalue weighted by Gasteiger charge is 2.35.